The Balaban J connectivity index is 2.78. The summed E-state index contributed by atoms with van der Waals surface area (Å²) >= 11 is 0. The second kappa shape index (κ2) is 5.99. The van der Waals surface area contributed by atoms with E-state index in [1.807, 2.05) is 6.07 Å². The second-order valence-corrected chi connectivity index (χ2v) is 3.38. The van der Waals surface area contributed by atoms with E-state index in [1.54, 1.807) is 6.92 Å². The molecule has 1 aromatic carbocycles. The molecule has 90 valence electrons. The number of benzene rings is 1. The van der Waals surface area contributed by atoms with Crippen LogP contribution in [0.4, 0.5) is 0 Å². The van der Waals surface area contributed by atoms with Crippen molar-refractivity contribution in [3.63, 3.8) is 0 Å². The molecule has 2 N–H and O–H groups in total. The van der Waals surface area contributed by atoms with Crippen LogP contribution in [-0.4, -0.2) is 28.9 Å². The maximum absolute atomic E-state index is 11.2. The fourth-order valence-corrected chi connectivity index (χ4v) is 1.29. The first-order chi connectivity index (χ1) is 8.10. The molecule has 0 aliphatic carbocycles. The minimum atomic E-state index is -1.62. The van der Waals surface area contributed by atoms with E-state index in [4.69, 9.17) is 5.26 Å². The van der Waals surface area contributed by atoms with Crippen molar-refractivity contribution in [3.05, 3.63) is 35.4 Å². The van der Waals surface area contributed by atoms with Crippen LogP contribution in [-0.2, 0) is 9.53 Å². The molecule has 0 saturated heterocycles. The molecule has 0 amide bonds. The van der Waals surface area contributed by atoms with Crippen molar-refractivity contribution < 1.29 is 19.7 Å². The summed E-state index contributed by atoms with van der Waals surface area (Å²) in [6.45, 7) is 1.74. The Labute approximate surface area is 98.9 Å². The van der Waals surface area contributed by atoms with Crippen molar-refractivity contribution in [1.82, 2.24) is 0 Å². The van der Waals surface area contributed by atoms with Crippen molar-refractivity contribution in [1.29, 1.82) is 5.26 Å². The van der Waals surface area contributed by atoms with Crippen molar-refractivity contribution in [3.8, 4) is 6.07 Å². The molecule has 2 unspecified atom stereocenters. The highest BCUT2D eigenvalue weighted by molar-refractivity contribution is 5.75. The molecule has 0 fully saturated rings. The zero-order valence-electron chi connectivity index (χ0n) is 9.33. The molecule has 5 nitrogen and oxygen atoms in total. The van der Waals surface area contributed by atoms with Gasteiger partial charge in [-0.1, -0.05) is 12.1 Å². The molecule has 0 bridgehead atoms. The number of rotatable bonds is 4. The third-order valence-electron chi connectivity index (χ3n) is 2.21. The molecular formula is C12H13NO4. The summed E-state index contributed by atoms with van der Waals surface area (Å²) in [6, 6.07) is 7.88. The molecule has 1 aromatic rings. The highest BCUT2D eigenvalue weighted by atomic mass is 16.5. The fraction of sp³-hybridized carbons (Fsp3) is 0.333. The van der Waals surface area contributed by atoms with Crippen LogP contribution >= 0.6 is 0 Å². The quantitative estimate of drug-likeness (QED) is 0.742. The van der Waals surface area contributed by atoms with Crippen LogP contribution < -0.4 is 0 Å². The predicted octanol–water partition coefficient (Wildman–Crippen LogP) is 0.516. The first kappa shape index (κ1) is 13.2. The van der Waals surface area contributed by atoms with E-state index in [0.717, 1.165) is 0 Å². The molecule has 2 atom stereocenters. The van der Waals surface area contributed by atoms with Gasteiger partial charge in [0.15, 0.2) is 6.10 Å². The van der Waals surface area contributed by atoms with Gasteiger partial charge in [-0.05, 0) is 24.6 Å². The first-order valence-electron chi connectivity index (χ1n) is 5.13. The first-order valence-corrected chi connectivity index (χ1v) is 5.13. The Morgan fingerprint density at radius 3 is 2.47 bits per heavy atom. The molecular weight excluding hydrogens is 222 g/mol. The van der Waals surface area contributed by atoms with Crippen LogP contribution in [0.5, 0.6) is 0 Å². The zero-order valence-corrected chi connectivity index (χ0v) is 9.33. The van der Waals surface area contributed by atoms with Crippen LogP contribution in [0, 0.1) is 11.3 Å². The summed E-state index contributed by atoms with van der Waals surface area (Å²) in [4.78, 5) is 11.2. The number of hydrogen-bond donors (Lipinski definition) is 2. The van der Waals surface area contributed by atoms with Crippen molar-refractivity contribution in [2.24, 2.45) is 0 Å². The van der Waals surface area contributed by atoms with Gasteiger partial charge in [0.2, 0.25) is 0 Å². The van der Waals surface area contributed by atoms with Gasteiger partial charge in [0.05, 0.1) is 18.2 Å². The van der Waals surface area contributed by atoms with E-state index in [9.17, 15) is 15.0 Å². The van der Waals surface area contributed by atoms with Gasteiger partial charge in [-0.3, -0.25) is 0 Å². The van der Waals surface area contributed by atoms with Gasteiger partial charge in [-0.15, -0.1) is 0 Å². The maximum atomic E-state index is 11.2. The SMILES string of the molecule is CCOC(=O)C(O)C(O)c1ccc(C#N)cc1. The number of nitriles is 1. The number of esters is 1. The lowest BCUT2D eigenvalue weighted by Crippen LogP contribution is -2.29. The van der Waals surface area contributed by atoms with E-state index < -0.39 is 18.2 Å². The smallest absolute Gasteiger partial charge is 0.338 e. The predicted molar refractivity (Wildman–Crippen MR) is 58.8 cm³/mol. The molecule has 0 aromatic heterocycles. The lowest BCUT2D eigenvalue weighted by Gasteiger charge is -2.16. The highest BCUT2D eigenvalue weighted by Gasteiger charge is 2.26. The topological polar surface area (TPSA) is 90.6 Å². The number of hydrogen-bond acceptors (Lipinski definition) is 5. The molecule has 0 aliphatic rings. The molecule has 0 saturated carbocycles. The van der Waals surface area contributed by atoms with Gasteiger partial charge in [0.25, 0.3) is 0 Å². The number of nitrogens with zero attached hydrogens (tertiary/aromatic N) is 1. The van der Waals surface area contributed by atoms with Crippen molar-refractivity contribution in [2.75, 3.05) is 6.61 Å². The largest absolute Gasteiger partial charge is 0.464 e. The standard InChI is InChI=1S/C12H13NO4/c1-2-17-12(16)11(15)10(14)9-5-3-8(7-13)4-6-9/h3-6,10-11,14-15H,2H2,1H3. The Kier molecular flexibility index (Phi) is 4.64. The van der Waals surface area contributed by atoms with Gasteiger partial charge in [-0.2, -0.15) is 5.26 Å². The maximum Gasteiger partial charge on any atom is 0.338 e. The average molecular weight is 235 g/mol. The van der Waals surface area contributed by atoms with E-state index in [-0.39, 0.29) is 6.61 Å². The highest BCUT2D eigenvalue weighted by Crippen LogP contribution is 2.18. The number of carbonyl (C=O) groups excluding carboxylic acids is 1. The molecule has 1 rings (SSSR count). The normalized spacial score (nSPS) is 13.5. The molecule has 0 heterocycles. The summed E-state index contributed by atoms with van der Waals surface area (Å²) in [5.41, 5.74) is 0.788. The zero-order chi connectivity index (χ0) is 12.8. The van der Waals surface area contributed by atoms with E-state index in [2.05, 4.69) is 4.74 Å². The summed E-state index contributed by atoms with van der Waals surface area (Å²) in [6.07, 6.45) is -2.98. The lowest BCUT2D eigenvalue weighted by atomic mass is 10.0. The summed E-state index contributed by atoms with van der Waals surface area (Å²) in [5.74, 6) is -0.871. The Morgan fingerprint density at radius 1 is 1.41 bits per heavy atom. The van der Waals surface area contributed by atoms with Crippen molar-refractivity contribution >= 4 is 5.97 Å². The minimum Gasteiger partial charge on any atom is -0.464 e. The van der Waals surface area contributed by atoms with Crippen molar-refractivity contribution in [2.45, 2.75) is 19.1 Å². The van der Waals surface area contributed by atoms with Crippen LogP contribution in [0.2, 0.25) is 0 Å². The van der Waals surface area contributed by atoms with E-state index >= 15 is 0 Å². The monoisotopic (exact) mass is 235 g/mol. The molecule has 5 heteroatoms. The summed E-state index contributed by atoms with van der Waals surface area (Å²) in [7, 11) is 0. The van der Waals surface area contributed by atoms with Gasteiger partial charge >= 0.3 is 5.97 Å². The molecule has 0 radical (unpaired) electrons. The third-order valence-corrected chi connectivity index (χ3v) is 2.21. The third kappa shape index (κ3) is 3.28. The Hall–Kier alpha value is -1.90. The van der Waals surface area contributed by atoms with Gasteiger partial charge in [0, 0.05) is 0 Å². The molecule has 0 aliphatic heterocycles. The van der Waals surface area contributed by atoms with Gasteiger partial charge < -0.3 is 14.9 Å². The minimum absolute atomic E-state index is 0.135. The Bertz CT molecular complexity index is 421. The lowest BCUT2D eigenvalue weighted by molar-refractivity contribution is -0.159. The van der Waals surface area contributed by atoms with Gasteiger partial charge in [0.1, 0.15) is 6.10 Å². The van der Waals surface area contributed by atoms with E-state index in [0.29, 0.717) is 11.1 Å². The van der Waals surface area contributed by atoms with Crippen LogP contribution in [0.15, 0.2) is 24.3 Å². The second-order valence-electron chi connectivity index (χ2n) is 3.38. The van der Waals surface area contributed by atoms with Gasteiger partial charge in [-0.25, -0.2) is 4.79 Å². The number of carbonyl (C=O) groups is 1. The Morgan fingerprint density at radius 2 is 2.00 bits per heavy atom. The average Bonchev–Trinajstić information content (AvgIpc) is 2.37. The van der Waals surface area contributed by atoms with Crippen LogP contribution in [0.3, 0.4) is 0 Å². The summed E-state index contributed by atoms with van der Waals surface area (Å²) < 4.78 is 4.59. The van der Waals surface area contributed by atoms with Crippen LogP contribution in [0.25, 0.3) is 0 Å². The van der Waals surface area contributed by atoms with E-state index in [1.165, 1.54) is 24.3 Å². The fourth-order valence-electron chi connectivity index (χ4n) is 1.29. The number of aliphatic hydroxyl groups is 2. The summed E-state index contributed by atoms with van der Waals surface area (Å²) in [5, 5.41) is 27.8. The number of ether oxygens (including phenoxy) is 1. The number of aliphatic hydroxyl groups excluding tert-OH is 2. The van der Waals surface area contributed by atoms with Crippen LogP contribution in [0.1, 0.15) is 24.2 Å². The molecule has 0 spiro atoms. The molecule has 17 heavy (non-hydrogen) atoms.